The number of ketones is 1. The molecule has 1 unspecified atom stereocenters. The Bertz CT molecular complexity index is 543. The predicted molar refractivity (Wildman–Crippen MR) is 88.0 cm³/mol. The summed E-state index contributed by atoms with van der Waals surface area (Å²) in [5.74, 6) is 0.991. The Kier molecular flexibility index (Phi) is 5.01. The van der Waals surface area contributed by atoms with Gasteiger partial charge in [0.2, 0.25) is 0 Å². The summed E-state index contributed by atoms with van der Waals surface area (Å²) in [4.78, 5) is 12.3. The van der Waals surface area contributed by atoms with Crippen molar-refractivity contribution in [3.8, 4) is 5.75 Å². The Morgan fingerprint density at radius 2 is 1.95 bits per heavy atom. The van der Waals surface area contributed by atoms with E-state index in [1.54, 1.807) is 7.11 Å². The van der Waals surface area contributed by atoms with Crippen LogP contribution in [0.25, 0.3) is 6.08 Å². The van der Waals surface area contributed by atoms with Crippen molar-refractivity contribution in [2.75, 3.05) is 7.11 Å². The van der Waals surface area contributed by atoms with Crippen LogP contribution in [0.4, 0.5) is 0 Å². The molecular weight excluding hydrogens is 280 g/mol. The lowest BCUT2D eigenvalue weighted by atomic mass is 9.89. The van der Waals surface area contributed by atoms with Crippen LogP contribution in [0.2, 0.25) is 19.6 Å². The van der Waals surface area contributed by atoms with Crippen molar-refractivity contribution < 1.29 is 14.0 Å². The van der Waals surface area contributed by atoms with E-state index < -0.39 is 8.32 Å². The molecule has 0 aromatic heterocycles. The van der Waals surface area contributed by atoms with Gasteiger partial charge >= 0.3 is 0 Å². The monoisotopic (exact) mass is 304 g/mol. The number of para-hydroxylation sites is 1. The summed E-state index contributed by atoms with van der Waals surface area (Å²) in [7, 11) is -0.0305. The number of hydrogen-bond donors (Lipinski definition) is 0. The second-order valence-corrected chi connectivity index (χ2v) is 10.8. The highest BCUT2D eigenvalue weighted by Crippen LogP contribution is 2.30. The number of benzene rings is 1. The van der Waals surface area contributed by atoms with Gasteiger partial charge in [0.15, 0.2) is 14.1 Å². The molecule has 1 atom stereocenters. The highest BCUT2D eigenvalue weighted by Gasteiger charge is 2.30. The van der Waals surface area contributed by atoms with Gasteiger partial charge in [-0.05, 0) is 44.6 Å². The molecule has 2 rings (SSSR count). The second-order valence-electron chi connectivity index (χ2n) is 6.38. The molecule has 0 amide bonds. The van der Waals surface area contributed by atoms with Crippen molar-refractivity contribution in [3.05, 3.63) is 35.4 Å². The number of methoxy groups -OCH3 is 1. The number of ether oxygens (including phenoxy) is 1. The molecule has 3 nitrogen and oxygen atoms in total. The SMILES string of the molecule is COc1ccccc1C=C1C(=O)CCCC1O[Si](C)(C)C. The van der Waals surface area contributed by atoms with Gasteiger partial charge in [0.05, 0.1) is 13.2 Å². The zero-order valence-corrected chi connectivity index (χ0v) is 14.3. The molecule has 114 valence electrons. The molecule has 21 heavy (non-hydrogen) atoms. The lowest BCUT2D eigenvalue weighted by molar-refractivity contribution is -0.117. The third-order valence-corrected chi connectivity index (χ3v) is 4.48. The first-order valence-corrected chi connectivity index (χ1v) is 10.9. The number of Topliss-reactive ketones (excluding diaryl/α,β-unsaturated/α-hetero) is 1. The van der Waals surface area contributed by atoms with Crippen LogP contribution >= 0.6 is 0 Å². The van der Waals surface area contributed by atoms with E-state index in [-0.39, 0.29) is 11.9 Å². The topological polar surface area (TPSA) is 35.5 Å². The van der Waals surface area contributed by atoms with Crippen LogP contribution in [0.1, 0.15) is 24.8 Å². The van der Waals surface area contributed by atoms with E-state index in [2.05, 4.69) is 19.6 Å². The Morgan fingerprint density at radius 1 is 1.24 bits per heavy atom. The molecule has 1 aliphatic carbocycles. The quantitative estimate of drug-likeness (QED) is 0.622. The molecule has 0 radical (unpaired) electrons. The van der Waals surface area contributed by atoms with Crippen molar-refractivity contribution in [2.45, 2.75) is 45.0 Å². The van der Waals surface area contributed by atoms with Crippen molar-refractivity contribution >= 4 is 20.2 Å². The Labute approximate surface area is 128 Å². The molecule has 1 aromatic carbocycles. The average Bonchev–Trinajstić information content (AvgIpc) is 2.41. The fraction of sp³-hybridized carbons (Fsp3) is 0.471. The summed E-state index contributed by atoms with van der Waals surface area (Å²) in [6.07, 6.45) is 4.34. The van der Waals surface area contributed by atoms with Crippen molar-refractivity contribution in [3.63, 3.8) is 0 Å². The van der Waals surface area contributed by atoms with E-state index in [4.69, 9.17) is 9.16 Å². The van der Waals surface area contributed by atoms with E-state index in [9.17, 15) is 4.79 Å². The Balaban J connectivity index is 2.35. The van der Waals surface area contributed by atoms with Crippen LogP contribution < -0.4 is 4.74 Å². The van der Waals surface area contributed by atoms with Crippen LogP contribution in [0.15, 0.2) is 29.8 Å². The van der Waals surface area contributed by atoms with Gasteiger partial charge < -0.3 is 9.16 Å². The maximum atomic E-state index is 12.3. The van der Waals surface area contributed by atoms with Crippen LogP contribution in [-0.4, -0.2) is 27.3 Å². The molecule has 1 fully saturated rings. The zero-order chi connectivity index (χ0) is 15.5. The molecule has 0 saturated heterocycles. The average molecular weight is 304 g/mol. The minimum Gasteiger partial charge on any atom is -0.496 e. The number of carbonyl (C=O) groups is 1. The van der Waals surface area contributed by atoms with Crippen LogP contribution in [0.3, 0.4) is 0 Å². The van der Waals surface area contributed by atoms with E-state index in [1.807, 2.05) is 30.3 Å². The maximum absolute atomic E-state index is 12.3. The fourth-order valence-corrected chi connectivity index (χ4v) is 3.70. The smallest absolute Gasteiger partial charge is 0.184 e. The third-order valence-electron chi connectivity index (χ3n) is 3.48. The number of rotatable bonds is 4. The summed E-state index contributed by atoms with van der Waals surface area (Å²) in [5, 5.41) is 0. The van der Waals surface area contributed by atoms with E-state index in [0.29, 0.717) is 6.42 Å². The van der Waals surface area contributed by atoms with E-state index in [0.717, 1.165) is 29.7 Å². The molecule has 0 heterocycles. The van der Waals surface area contributed by atoms with Gasteiger partial charge in [-0.25, -0.2) is 0 Å². The fourth-order valence-electron chi connectivity index (χ4n) is 2.60. The number of carbonyl (C=O) groups excluding carboxylic acids is 1. The van der Waals surface area contributed by atoms with Crippen molar-refractivity contribution in [2.24, 2.45) is 0 Å². The summed E-state index contributed by atoms with van der Waals surface area (Å²) in [6.45, 7) is 6.48. The highest BCUT2D eigenvalue weighted by atomic mass is 28.4. The summed E-state index contributed by atoms with van der Waals surface area (Å²) >= 11 is 0. The standard InChI is InChI=1S/C17H24O3Si/c1-19-16-10-6-5-8-13(16)12-14-15(18)9-7-11-17(14)20-21(2,3)4/h5-6,8,10,12,17H,7,9,11H2,1-4H3. The molecule has 0 bridgehead atoms. The van der Waals surface area contributed by atoms with Gasteiger partial charge in [0.1, 0.15) is 5.75 Å². The van der Waals surface area contributed by atoms with Gasteiger partial charge in [0, 0.05) is 17.6 Å². The highest BCUT2D eigenvalue weighted by molar-refractivity contribution is 6.69. The van der Waals surface area contributed by atoms with Gasteiger partial charge in [0.25, 0.3) is 0 Å². The molecule has 0 aliphatic heterocycles. The largest absolute Gasteiger partial charge is 0.496 e. The molecule has 0 N–H and O–H groups in total. The molecule has 1 aromatic rings. The molecule has 1 saturated carbocycles. The van der Waals surface area contributed by atoms with Crippen LogP contribution in [0.5, 0.6) is 5.75 Å². The molecule has 4 heteroatoms. The first-order chi connectivity index (χ1) is 9.90. The van der Waals surface area contributed by atoms with Crippen LogP contribution in [0, 0.1) is 0 Å². The molecule has 1 aliphatic rings. The van der Waals surface area contributed by atoms with E-state index >= 15 is 0 Å². The van der Waals surface area contributed by atoms with Crippen molar-refractivity contribution in [1.29, 1.82) is 0 Å². The lowest BCUT2D eigenvalue weighted by Gasteiger charge is -2.31. The minimum absolute atomic E-state index is 0.0668. The second kappa shape index (κ2) is 6.58. The molecule has 0 spiro atoms. The summed E-state index contributed by atoms with van der Waals surface area (Å²) in [5.41, 5.74) is 1.74. The van der Waals surface area contributed by atoms with Crippen LogP contribution in [-0.2, 0) is 9.22 Å². The van der Waals surface area contributed by atoms with Gasteiger partial charge in [-0.15, -0.1) is 0 Å². The maximum Gasteiger partial charge on any atom is 0.184 e. The van der Waals surface area contributed by atoms with E-state index in [1.165, 1.54) is 0 Å². The normalized spacial score (nSPS) is 21.6. The molecular formula is C17H24O3Si. The Hall–Kier alpha value is -1.39. The first-order valence-electron chi connectivity index (χ1n) is 7.46. The van der Waals surface area contributed by atoms with Gasteiger partial charge in [-0.3, -0.25) is 4.79 Å². The summed E-state index contributed by atoms with van der Waals surface area (Å²) < 4.78 is 11.6. The number of hydrogen-bond acceptors (Lipinski definition) is 3. The van der Waals surface area contributed by atoms with Gasteiger partial charge in [-0.1, -0.05) is 18.2 Å². The third kappa shape index (κ3) is 4.28. The van der Waals surface area contributed by atoms with Crippen molar-refractivity contribution in [1.82, 2.24) is 0 Å². The lowest BCUT2D eigenvalue weighted by Crippen LogP contribution is -2.36. The minimum atomic E-state index is -1.68. The zero-order valence-electron chi connectivity index (χ0n) is 13.3. The predicted octanol–water partition coefficient (Wildman–Crippen LogP) is 4.05. The summed E-state index contributed by atoms with van der Waals surface area (Å²) in [6, 6.07) is 7.77. The Morgan fingerprint density at radius 3 is 2.62 bits per heavy atom. The van der Waals surface area contributed by atoms with Gasteiger partial charge in [-0.2, -0.15) is 0 Å². The first kappa shape index (κ1) is 16.0.